The number of hydrogen-bond acceptors (Lipinski definition) is 6. The fraction of sp³-hybridized carbons (Fsp3) is 0.125. The number of benzene rings is 1. The highest BCUT2D eigenvalue weighted by Gasteiger charge is 2.14. The predicted octanol–water partition coefficient (Wildman–Crippen LogP) is 2.98. The summed E-state index contributed by atoms with van der Waals surface area (Å²) in [4.78, 5) is 26.8. The molecule has 0 aliphatic rings. The van der Waals surface area contributed by atoms with E-state index < -0.39 is 4.92 Å². The molecule has 9 heteroatoms. The zero-order chi connectivity index (χ0) is 17.8. The first-order valence-electron chi connectivity index (χ1n) is 7.25. The van der Waals surface area contributed by atoms with Gasteiger partial charge in [0, 0.05) is 18.3 Å². The van der Waals surface area contributed by atoms with E-state index in [1.54, 1.807) is 6.20 Å². The van der Waals surface area contributed by atoms with Crippen molar-refractivity contribution in [1.29, 1.82) is 0 Å². The summed E-state index contributed by atoms with van der Waals surface area (Å²) in [6.45, 7) is 0. The molecule has 2 heterocycles. The quantitative estimate of drug-likeness (QED) is 0.413. The SMILES string of the molecule is COc1ccc([N+](=O)[O-])cc1NC(=O)CSc1ncc2ccccn12. The summed E-state index contributed by atoms with van der Waals surface area (Å²) >= 11 is 1.27. The van der Waals surface area contributed by atoms with Crippen molar-refractivity contribution in [3.8, 4) is 5.75 Å². The van der Waals surface area contributed by atoms with E-state index in [1.165, 1.54) is 37.1 Å². The Morgan fingerprint density at radius 3 is 3.00 bits per heavy atom. The minimum Gasteiger partial charge on any atom is -0.495 e. The largest absolute Gasteiger partial charge is 0.495 e. The van der Waals surface area contributed by atoms with E-state index in [9.17, 15) is 14.9 Å². The van der Waals surface area contributed by atoms with E-state index in [-0.39, 0.29) is 23.0 Å². The monoisotopic (exact) mass is 358 g/mol. The molecule has 0 fully saturated rings. The average Bonchev–Trinajstić information content (AvgIpc) is 3.03. The maximum atomic E-state index is 12.2. The molecule has 0 bridgehead atoms. The Balaban J connectivity index is 1.70. The number of methoxy groups -OCH3 is 1. The number of pyridine rings is 1. The van der Waals surface area contributed by atoms with Crippen LogP contribution < -0.4 is 10.1 Å². The Morgan fingerprint density at radius 2 is 2.24 bits per heavy atom. The molecule has 1 aromatic carbocycles. The van der Waals surface area contributed by atoms with Crippen molar-refractivity contribution in [3.63, 3.8) is 0 Å². The molecule has 25 heavy (non-hydrogen) atoms. The minimum absolute atomic E-state index is 0.111. The van der Waals surface area contributed by atoms with Crippen molar-refractivity contribution in [2.75, 3.05) is 18.2 Å². The molecule has 2 aromatic heterocycles. The van der Waals surface area contributed by atoms with Gasteiger partial charge in [0.2, 0.25) is 5.91 Å². The number of amides is 1. The maximum Gasteiger partial charge on any atom is 0.271 e. The van der Waals surface area contributed by atoms with Gasteiger partial charge in [-0.3, -0.25) is 19.3 Å². The van der Waals surface area contributed by atoms with Crippen LogP contribution >= 0.6 is 11.8 Å². The lowest BCUT2D eigenvalue weighted by molar-refractivity contribution is -0.384. The van der Waals surface area contributed by atoms with Crippen molar-refractivity contribution >= 4 is 34.6 Å². The van der Waals surface area contributed by atoms with Gasteiger partial charge in [0.05, 0.1) is 35.2 Å². The van der Waals surface area contributed by atoms with Gasteiger partial charge in [-0.15, -0.1) is 0 Å². The predicted molar refractivity (Wildman–Crippen MR) is 94.2 cm³/mol. The molecule has 0 atom stereocenters. The first kappa shape index (κ1) is 16.8. The van der Waals surface area contributed by atoms with Gasteiger partial charge in [-0.05, 0) is 18.2 Å². The second-order valence-electron chi connectivity index (χ2n) is 5.01. The molecule has 0 radical (unpaired) electrons. The molecule has 0 saturated heterocycles. The van der Waals surface area contributed by atoms with Crippen LogP contribution in [0.3, 0.4) is 0 Å². The fourth-order valence-electron chi connectivity index (χ4n) is 2.25. The average molecular weight is 358 g/mol. The van der Waals surface area contributed by atoms with Crippen LogP contribution in [-0.4, -0.2) is 33.1 Å². The third kappa shape index (κ3) is 3.72. The highest BCUT2D eigenvalue weighted by molar-refractivity contribution is 7.99. The van der Waals surface area contributed by atoms with E-state index in [0.29, 0.717) is 10.9 Å². The molecule has 3 aromatic rings. The van der Waals surface area contributed by atoms with Crippen LogP contribution in [-0.2, 0) is 4.79 Å². The second kappa shape index (κ2) is 7.22. The van der Waals surface area contributed by atoms with Gasteiger partial charge in [-0.25, -0.2) is 4.98 Å². The van der Waals surface area contributed by atoms with E-state index in [2.05, 4.69) is 10.3 Å². The Hall–Kier alpha value is -3.07. The normalized spacial score (nSPS) is 10.6. The number of rotatable bonds is 6. The number of nitro groups is 1. The Labute approximate surface area is 147 Å². The number of ether oxygens (including phenoxy) is 1. The summed E-state index contributed by atoms with van der Waals surface area (Å²) in [5.74, 6) is 0.159. The third-order valence-corrected chi connectivity index (χ3v) is 4.37. The number of anilines is 1. The third-order valence-electron chi connectivity index (χ3n) is 3.41. The van der Waals surface area contributed by atoms with Crippen LogP contribution in [0.2, 0.25) is 0 Å². The van der Waals surface area contributed by atoms with Crippen molar-refractivity contribution in [1.82, 2.24) is 9.38 Å². The number of nitro benzene ring substituents is 1. The number of aromatic nitrogens is 2. The molecule has 128 valence electrons. The summed E-state index contributed by atoms with van der Waals surface area (Å²) in [6.07, 6.45) is 3.59. The zero-order valence-corrected chi connectivity index (χ0v) is 14.0. The van der Waals surface area contributed by atoms with Crippen LogP contribution in [0.5, 0.6) is 5.75 Å². The lowest BCUT2D eigenvalue weighted by Crippen LogP contribution is -2.15. The molecule has 3 rings (SSSR count). The maximum absolute atomic E-state index is 12.2. The molecule has 0 spiro atoms. The second-order valence-corrected chi connectivity index (χ2v) is 5.96. The van der Waals surface area contributed by atoms with Gasteiger partial charge in [-0.2, -0.15) is 0 Å². The number of nitrogens with zero attached hydrogens (tertiary/aromatic N) is 3. The smallest absolute Gasteiger partial charge is 0.271 e. The molecule has 8 nitrogen and oxygen atoms in total. The van der Waals surface area contributed by atoms with Crippen molar-refractivity contribution in [2.45, 2.75) is 5.16 Å². The molecule has 0 saturated carbocycles. The van der Waals surface area contributed by atoms with Crippen LogP contribution in [0, 0.1) is 10.1 Å². The molecule has 0 unspecified atom stereocenters. The lowest BCUT2D eigenvalue weighted by Gasteiger charge is -2.09. The Kier molecular flexibility index (Phi) is 4.85. The van der Waals surface area contributed by atoms with Crippen molar-refractivity contribution in [3.05, 3.63) is 58.9 Å². The minimum atomic E-state index is -0.527. The summed E-state index contributed by atoms with van der Waals surface area (Å²) in [5, 5.41) is 14.2. The van der Waals surface area contributed by atoms with Gasteiger partial charge >= 0.3 is 0 Å². The highest BCUT2D eigenvalue weighted by Crippen LogP contribution is 2.29. The summed E-state index contributed by atoms with van der Waals surface area (Å²) in [5.41, 5.74) is 1.07. The number of carbonyl (C=O) groups excluding carboxylic acids is 1. The number of carbonyl (C=O) groups is 1. The van der Waals surface area contributed by atoms with Crippen LogP contribution in [0.4, 0.5) is 11.4 Å². The van der Waals surface area contributed by atoms with E-state index >= 15 is 0 Å². The van der Waals surface area contributed by atoms with Gasteiger partial charge in [-0.1, -0.05) is 17.8 Å². The number of nitrogens with one attached hydrogen (secondary N) is 1. The topological polar surface area (TPSA) is 98.8 Å². The number of non-ortho nitro benzene ring substituents is 1. The first-order chi connectivity index (χ1) is 12.1. The Bertz CT molecular complexity index is 941. The first-order valence-corrected chi connectivity index (χ1v) is 8.24. The van der Waals surface area contributed by atoms with Crippen molar-refractivity contribution in [2.24, 2.45) is 0 Å². The van der Waals surface area contributed by atoms with Gasteiger partial charge in [0.25, 0.3) is 5.69 Å². The van der Waals surface area contributed by atoms with Crippen LogP contribution in [0.1, 0.15) is 0 Å². The number of imidazole rings is 1. The Morgan fingerprint density at radius 1 is 1.40 bits per heavy atom. The summed E-state index contributed by atoms with van der Waals surface area (Å²) in [6, 6.07) is 9.75. The van der Waals surface area contributed by atoms with Crippen LogP contribution in [0.25, 0.3) is 5.52 Å². The number of hydrogen-bond donors (Lipinski definition) is 1. The number of fused-ring (bicyclic) bond motifs is 1. The van der Waals surface area contributed by atoms with E-state index in [0.717, 1.165) is 5.52 Å². The lowest BCUT2D eigenvalue weighted by atomic mass is 10.2. The van der Waals surface area contributed by atoms with Crippen LogP contribution in [0.15, 0.2) is 53.9 Å². The van der Waals surface area contributed by atoms with Gasteiger partial charge in [0.15, 0.2) is 5.16 Å². The highest BCUT2D eigenvalue weighted by atomic mass is 32.2. The molecular formula is C16H14N4O4S. The molecule has 1 N–H and O–H groups in total. The summed E-state index contributed by atoms with van der Waals surface area (Å²) < 4.78 is 7.01. The molecule has 0 aliphatic carbocycles. The van der Waals surface area contributed by atoms with Gasteiger partial charge in [0.1, 0.15) is 5.75 Å². The van der Waals surface area contributed by atoms with E-state index in [1.807, 2.05) is 28.8 Å². The van der Waals surface area contributed by atoms with Crippen molar-refractivity contribution < 1.29 is 14.5 Å². The molecular weight excluding hydrogens is 344 g/mol. The summed E-state index contributed by atoms with van der Waals surface area (Å²) in [7, 11) is 1.43. The number of thioether (sulfide) groups is 1. The standard InChI is InChI=1S/C16H14N4O4S/c1-24-14-6-5-11(20(22)23)8-13(14)18-15(21)10-25-16-17-9-12-4-2-3-7-19(12)16/h2-9H,10H2,1H3,(H,18,21). The van der Waals surface area contributed by atoms with Gasteiger partial charge < -0.3 is 10.1 Å². The fourth-order valence-corrected chi connectivity index (χ4v) is 3.01. The zero-order valence-electron chi connectivity index (χ0n) is 13.2. The van der Waals surface area contributed by atoms with E-state index in [4.69, 9.17) is 4.74 Å². The molecule has 1 amide bonds. The molecule has 0 aliphatic heterocycles.